The van der Waals surface area contributed by atoms with Crippen LogP contribution in [0.5, 0.6) is 0 Å². The fourth-order valence-corrected chi connectivity index (χ4v) is 4.20. The first-order valence-corrected chi connectivity index (χ1v) is 7.86. The van der Waals surface area contributed by atoms with E-state index in [1.165, 1.54) is 6.07 Å². The van der Waals surface area contributed by atoms with Crippen molar-refractivity contribution in [2.24, 2.45) is 0 Å². The largest absolute Gasteiger partial charge is 0.381 e. The first-order valence-electron chi connectivity index (χ1n) is 5.66. The molecular formula is C11H12ClFN2O2S. The lowest BCUT2D eigenvalue weighted by molar-refractivity contribution is 0.558. The van der Waals surface area contributed by atoms with Gasteiger partial charge in [0.15, 0.2) is 9.84 Å². The zero-order valence-corrected chi connectivity index (χ0v) is 11.1. The highest BCUT2D eigenvalue weighted by molar-refractivity contribution is 7.91. The molecule has 2 aliphatic heterocycles. The Bertz CT molecular complexity index is 605. The molecule has 0 saturated carbocycles. The van der Waals surface area contributed by atoms with E-state index in [1.807, 2.05) is 4.90 Å². The minimum absolute atomic E-state index is 0.0598. The van der Waals surface area contributed by atoms with E-state index in [-0.39, 0.29) is 22.6 Å². The number of fused-ring (bicyclic) bond motifs is 3. The molecule has 2 heterocycles. The molecule has 0 radical (unpaired) electrons. The quantitative estimate of drug-likeness (QED) is 0.787. The maximum atomic E-state index is 13.4. The van der Waals surface area contributed by atoms with Gasteiger partial charge in [0.1, 0.15) is 5.82 Å². The Morgan fingerprint density at radius 1 is 1.44 bits per heavy atom. The van der Waals surface area contributed by atoms with Crippen molar-refractivity contribution in [1.82, 2.24) is 0 Å². The van der Waals surface area contributed by atoms with Crippen LogP contribution in [0, 0.1) is 5.82 Å². The molecule has 0 aromatic heterocycles. The second-order valence-electron chi connectivity index (χ2n) is 4.63. The molecule has 18 heavy (non-hydrogen) atoms. The topological polar surface area (TPSA) is 49.4 Å². The fraction of sp³-hybridized carbons (Fsp3) is 0.455. The molecule has 98 valence electrons. The van der Waals surface area contributed by atoms with Gasteiger partial charge in [0, 0.05) is 19.2 Å². The predicted molar refractivity (Wildman–Crippen MR) is 69.7 cm³/mol. The van der Waals surface area contributed by atoms with Gasteiger partial charge in [0.05, 0.1) is 33.9 Å². The van der Waals surface area contributed by atoms with Crippen LogP contribution in [0.15, 0.2) is 12.1 Å². The zero-order chi connectivity index (χ0) is 12.9. The average molecular weight is 291 g/mol. The summed E-state index contributed by atoms with van der Waals surface area (Å²) < 4.78 is 36.6. The second-order valence-corrected chi connectivity index (χ2v) is 7.26. The lowest BCUT2D eigenvalue weighted by Gasteiger charge is -2.42. The Kier molecular flexibility index (Phi) is 2.67. The smallest absolute Gasteiger partial charge is 0.154 e. The van der Waals surface area contributed by atoms with Crippen LogP contribution in [-0.2, 0) is 9.84 Å². The summed E-state index contributed by atoms with van der Waals surface area (Å²) in [5.41, 5.74) is 1.46. The normalized spacial score (nSPS) is 25.0. The van der Waals surface area contributed by atoms with Crippen LogP contribution < -0.4 is 10.2 Å². The second kappa shape index (κ2) is 3.99. The predicted octanol–water partition coefficient (Wildman–Crippen LogP) is 1.51. The van der Waals surface area contributed by atoms with Crippen LogP contribution in [0.1, 0.15) is 0 Å². The monoisotopic (exact) mass is 290 g/mol. The summed E-state index contributed by atoms with van der Waals surface area (Å²) in [6, 6.07) is 2.82. The molecule has 3 rings (SSSR count). The van der Waals surface area contributed by atoms with Crippen LogP contribution in [0.4, 0.5) is 15.8 Å². The minimum atomic E-state index is -2.96. The molecule has 1 fully saturated rings. The SMILES string of the molecule is O=S1(=O)CCN2c3cc(Cl)c(F)cc3NCC2C1. The molecule has 1 aromatic carbocycles. The van der Waals surface area contributed by atoms with Gasteiger partial charge in [-0.1, -0.05) is 11.6 Å². The average Bonchev–Trinajstić information content (AvgIpc) is 2.29. The third kappa shape index (κ3) is 1.93. The van der Waals surface area contributed by atoms with Crippen molar-refractivity contribution in [1.29, 1.82) is 0 Å². The van der Waals surface area contributed by atoms with Gasteiger partial charge < -0.3 is 10.2 Å². The van der Waals surface area contributed by atoms with Crippen molar-refractivity contribution in [3.8, 4) is 0 Å². The fourth-order valence-electron chi connectivity index (χ4n) is 2.52. The van der Waals surface area contributed by atoms with E-state index in [0.29, 0.717) is 18.8 Å². The van der Waals surface area contributed by atoms with E-state index < -0.39 is 15.7 Å². The number of hydrogen-bond acceptors (Lipinski definition) is 4. The van der Waals surface area contributed by atoms with Crippen molar-refractivity contribution >= 4 is 32.8 Å². The summed E-state index contributed by atoms with van der Waals surface area (Å²) >= 11 is 5.79. The molecule has 4 nitrogen and oxygen atoms in total. The summed E-state index contributed by atoms with van der Waals surface area (Å²) in [6.07, 6.45) is 0. The van der Waals surface area contributed by atoms with Gasteiger partial charge in [-0.3, -0.25) is 0 Å². The number of halogens is 2. The molecule has 0 bridgehead atoms. The lowest BCUT2D eigenvalue weighted by atomic mass is 10.1. The van der Waals surface area contributed by atoms with Crippen molar-refractivity contribution in [2.75, 3.05) is 34.8 Å². The third-order valence-corrected chi connectivity index (χ3v) is 5.39. The molecular weight excluding hydrogens is 279 g/mol. The number of nitrogens with zero attached hydrogens (tertiary/aromatic N) is 1. The van der Waals surface area contributed by atoms with Gasteiger partial charge >= 0.3 is 0 Å². The van der Waals surface area contributed by atoms with Gasteiger partial charge in [-0.05, 0) is 6.07 Å². The molecule has 0 amide bonds. The van der Waals surface area contributed by atoms with Crippen LogP contribution >= 0.6 is 11.6 Å². The number of nitrogens with one attached hydrogen (secondary N) is 1. The maximum Gasteiger partial charge on any atom is 0.154 e. The van der Waals surface area contributed by atoms with E-state index in [9.17, 15) is 12.8 Å². The van der Waals surface area contributed by atoms with E-state index in [1.54, 1.807) is 6.07 Å². The van der Waals surface area contributed by atoms with Gasteiger partial charge in [-0.2, -0.15) is 0 Å². The highest BCUT2D eigenvalue weighted by atomic mass is 35.5. The Balaban J connectivity index is 2.01. The number of hydrogen-bond donors (Lipinski definition) is 1. The molecule has 1 N–H and O–H groups in total. The molecule has 1 atom stereocenters. The number of benzene rings is 1. The molecule has 0 spiro atoms. The maximum absolute atomic E-state index is 13.4. The van der Waals surface area contributed by atoms with Crippen molar-refractivity contribution < 1.29 is 12.8 Å². The van der Waals surface area contributed by atoms with Gasteiger partial charge in [0.2, 0.25) is 0 Å². The van der Waals surface area contributed by atoms with E-state index in [4.69, 9.17) is 11.6 Å². The minimum Gasteiger partial charge on any atom is -0.381 e. The Morgan fingerprint density at radius 3 is 3.00 bits per heavy atom. The highest BCUT2D eigenvalue weighted by Crippen LogP contribution is 2.36. The van der Waals surface area contributed by atoms with Crippen molar-refractivity contribution in [3.63, 3.8) is 0 Å². The number of anilines is 2. The van der Waals surface area contributed by atoms with Gasteiger partial charge in [-0.15, -0.1) is 0 Å². The molecule has 1 saturated heterocycles. The van der Waals surface area contributed by atoms with Crippen LogP contribution in [0.2, 0.25) is 5.02 Å². The number of sulfone groups is 1. The van der Waals surface area contributed by atoms with Crippen LogP contribution in [-0.4, -0.2) is 39.1 Å². The molecule has 1 unspecified atom stereocenters. The van der Waals surface area contributed by atoms with Crippen molar-refractivity contribution in [3.05, 3.63) is 23.0 Å². The summed E-state index contributed by atoms with van der Waals surface area (Å²) in [5.74, 6) is -0.196. The van der Waals surface area contributed by atoms with E-state index in [0.717, 1.165) is 5.69 Å². The summed E-state index contributed by atoms with van der Waals surface area (Å²) in [7, 11) is -2.96. The summed E-state index contributed by atoms with van der Waals surface area (Å²) in [6.45, 7) is 0.941. The van der Waals surface area contributed by atoms with E-state index in [2.05, 4.69) is 5.32 Å². The Labute approximate surface area is 110 Å². The zero-order valence-electron chi connectivity index (χ0n) is 9.49. The molecule has 0 aliphatic carbocycles. The lowest BCUT2D eigenvalue weighted by Crippen LogP contribution is -2.54. The van der Waals surface area contributed by atoms with Gasteiger partial charge in [-0.25, -0.2) is 12.8 Å². The van der Waals surface area contributed by atoms with Crippen molar-refractivity contribution in [2.45, 2.75) is 6.04 Å². The molecule has 2 aliphatic rings. The summed E-state index contributed by atoms with van der Waals surface area (Å²) in [4.78, 5) is 2.00. The van der Waals surface area contributed by atoms with Gasteiger partial charge in [0.25, 0.3) is 0 Å². The Morgan fingerprint density at radius 2 is 2.22 bits per heavy atom. The first kappa shape index (κ1) is 12.0. The third-order valence-electron chi connectivity index (χ3n) is 3.41. The summed E-state index contributed by atoms with van der Waals surface area (Å²) in [5, 5.41) is 3.12. The molecule has 7 heteroatoms. The molecule has 1 aromatic rings. The van der Waals surface area contributed by atoms with Crippen LogP contribution in [0.3, 0.4) is 0 Å². The standard InChI is InChI=1S/C11H12ClFN2O2S/c12-8-3-11-10(4-9(8)13)14-5-7-6-18(16,17)2-1-15(7)11/h3-4,7,14H,1-2,5-6H2. The van der Waals surface area contributed by atoms with E-state index >= 15 is 0 Å². The highest BCUT2D eigenvalue weighted by Gasteiger charge is 2.35. The van der Waals surface area contributed by atoms with Crippen LogP contribution in [0.25, 0.3) is 0 Å². The number of rotatable bonds is 0. The first-order chi connectivity index (χ1) is 8.46. The Hall–Kier alpha value is -1.01.